The second-order valence-corrected chi connectivity index (χ2v) is 15.1. The van der Waals surface area contributed by atoms with E-state index >= 15 is 0 Å². The van der Waals surface area contributed by atoms with E-state index in [4.69, 9.17) is 0 Å². The van der Waals surface area contributed by atoms with Gasteiger partial charge in [-0.05, 0) is 129 Å². The number of amides is 1. The number of ketones is 1. The topological polar surface area (TPSA) is 58.2 Å². The maximum atomic E-state index is 12.5. The molecule has 4 aliphatic rings. The van der Waals surface area contributed by atoms with Crippen LogP contribution in [0.2, 0.25) is 0 Å². The molecule has 4 rings (SSSR count). The molecular formula is C34H60N2O2. The van der Waals surface area contributed by atoms with Gasteiger partial charge in [-0.15, -0.1) is 0 Å². The number of rotatable bonds is 11. The first-order valence-electron chi connectivity index (χ1n) is 16.5. The summed E-state index contributed by atoms with van der Waals surface area (Å²) in [6.07, 6.45) is 15.4. The van der Waals surface area contributed by atoms with E-state index in [0.717, 1.165) is 31.2 Å². The molecule has 4 unspecified atom stereocenters. The van der Waals surface area contributed by atoms with Gasteiger partial charge in [-0.2, -0.15) is 0 Å². The molecule has 0 spiro atoms. The van der Waals surface area contributed by atoms with Crippen LogP contribution in [-0.4, -0.2) is 30.3 Å². The van der Waals surface area contributed by atoms with Gasteiger partial charge in [-0.25, -0.2) is 0 Å². The molecule has 0 bridgehead atoms. The lowest BCUT2D eigenvalue weighted by molar-refractivity contribution is -0.140. The van der Waals surface area contributed by atoms with Gasteiger partial charge >= 0.3 is 0 Å². The SMILES string of the molecule is CCC(=O)CC[C@@H](C)[C@H]1CCC2C3C(NC(C)=O)C[C@H]4C[C@H](NCCCC(C)C)CC[C@]4(C)C3CC[C@@]21C. The fourth-order valence-electron chi connectivity index (χ4n) is 10.4. The Morgan fingerprint density at radius 2 is 1.63 bits per heavy atom. The maximum absolute atomic E-state index is 12.5. The Balaban J connectivity index is 1.49. The van der Waals surface area contributed by atoms with Crippen molar-refractivity contribution in [3.8, 4) is 0 Å². The van der Waals surface area contributed by atoms with E-state index < -0.39 is 0 Å². The number of carbonyl (C=O) groups excluding carboxylic acids is 2. The minimum absolute atomic E-state index is 0.157. The second kappa shape index (κ2) is 12.3. The van der Waals surface area contributed by atoms with Gasteiger partial charge in [0.1, 0.15) is 5.78 Å². The summed E-state index contributed by atoms with van der Waals surface area (Å²) in [6.45, 7) is 17.2. The zero-order valence-corrected chi connectivity index (χ0v) is 25.9. The zero-order valence-electron chi connectivity index (χ0n) is 25.9. The lowest BCUT2D eigenvalue weighted by atomic mass is 9.43. The van der Waals surface area contributed by atoms with Crippen LogP contribution in [0.3, 0.4) is 0 Å². The lowest BCUT2D eigenvalue weighted by Crippen LogP contribution is -2.62. The molecule has 4 fully saturated rings. The highest BCUT2D eigenvalue weighted by atomic mass is 16.1. The fraction of sp³-hybridized carbons (Fsp3) is 0.941. The molecule has 0 heterocycles. The van der Waals surface area contributed by atoms with E-state index in [9.17, 15) is 9.59 Å². The van der Waals surface area contributed by atoms with Crippen LogP contribution in [0.1, 0.15) is 132 Å². The van der Waals surface area contributed by atoms with E-state index in [1.165, 1.54) is 64.2 Å². The third kappa shape index (κ3) is 6.06. The molecule has 4 nitrogen and oxygen atoms in total. The molecule has 10 atom stereocenters. The van der Waals surface area contributed by atoms with Crippen molar-refractivity contribution >= 4 is 11.7 Å². The molecule has 0 aromatic heterocycles. The van der Waals surface area contributed by atoms with Crippen molar-refractivity contribution in [3.05, 3.63) is 0 Å². The molecule has 38 heavy (non-hydrogen) atoms. The monoisotopic (exact) mass is 528 g/mol. The maximum Gasteiger partial charge on any atom is 0.217 e. The van der Waals surface area contributed by atoms with E-state index in [-0.39, 0.29) is 5.91 Å². The second-order valence-electron chi connectivity index (χ2n) is 15.1. The standard InChI is InChI=1S/C34H60N2O2/c1-8-27(38)12-11-23(4)28-13-14-29-32-30(16-18-34(28,29)7)33(6)17-15-26(35-19-9-10-22(2)3)20-25(33)21-31(32)36-24(5)37/h22-23,25-26,28-32,35H,8-21H2,1-7H3,(H,36,37)/t23-,25-,26-,28-,29?,30?,31?,32?,33+,34-/m1/s1. The van der Waals surface area contributed by atoms with Crippen LogP contribution in [-0.2, 0) is 9.59 Å². The van der Waals surface area contributed by atoms with Gasteiger partial charge in [0, 0.05) is 31.8 Å². The van der Waals surface area contributed by atoms with Gasteiger partial charge < -0.3 is 10.6 Å². The van der Waals surface area contributed by atoms with Crippen LogP contribution in [0.25, 0.3) is 0 Å². The smallest absolute Gasteiger partial charge is 0.217 e. The first-order chi connectivity index (χ1) is 18.0. The number of Topliss-reactive ketones (excluding diaryl/α,β-unsaturated/α-hetero) is 1. The minimum atomic E-state index is 0.157. The molecule has 4 aliphatic carbocycles. The van der Waals surface area contributed by atoms with Gasteiger partial charge in [0.25, 0.3) is 0 Å². The molecule has 218 valence electrons. The number of hydrogen-bond donors (Lipinski definition) is 2. The molecular weight excluding hydrogens is 468 g/mol. The minimum Gasteiger partial charge on any atom is -0.353 e. The molecule has 2 N–H and O–H groups in total. The summed E-state index contributed by atoms with van der Waals surface area (Å²) >= 11 is 0. The molecule has 4 heteroatoms. The Morgan fingerprint density at radius 1 is 0.921 bits per heavy atom. The van der Waals surface area contributed by atoms with Gasteiger partial charge in [0.15, 0.2) is 0 Å². The molecule has 4 saturated carbocycles. The number of nitrogens with one attached hydrogen (secondary N) is 2. The molecule has 0 aromatic carbocycles. The van der Waals surface area contributed by atoms with Crippen molar-refractivity contribution in [1.29, 1.82) is 0 Å². The van der Waals surface area contributed by atoms with Crippen molar-refractivity contribution in [2.75, 3.05) is 6.54 Å². The Morgan fingerprint density at radius 3 is 2.32 bits per heavy atom. The van der Waals surface area contributed by atoms with Crippen LogP contribution >= 0.6 is 0 Å². The van der Waals surface area contributed by atoms with Crippen molar-refractivity contribution in [1.82, 2.24) is 10.6 Å². The predicted octanol–water partition coefficient (Wildman–Crippen LogP) is 7.55. The number of fused-ring (bicyclic) bond motifs is 5. The lowest BCUT2D eigenvalue weighted by Gasteiger charge is -2.63. The average molecular weight is 529 g/mol. The highest BCUT2D eigenvalue weighted by Crippen LogP contribution is 2.68. The summed E-state index contributed by atoms with van der Waals surface area (Å²) < 4.78 is 0. The largest absolute Gasteiger partial charge is 0.353 e. The van der Waals surface area contributed by atoms with Crippen molar-refractivity contribution < 1.29 is 9.59 Å². The number of hydrogen-bond acceptors (Lipinski definition) is 3. The summed E-state index contributed by atoms with van der Waals surface area (Å²) in [7, 11) is 0. The van der Waals surface area contributed by atoms with Crippen molar-refractivity contribution in [3.63, 3.8) is 0 Å². The van der Waals surface area contributed by atoms with E-state index in [1.807, 2.05) is 6.92 Å². The summed E-state index contributed by atoms with van der Waals surface area (Å²) in [6, 6.07) is 0.974. The highest BCUT2D eigenvalue weighted by Gasteiger charge is 2.63. The summed E-state index contributed by atoms with van der Waals surface area (Å²) in [5.41, 5.74) is 0.763. The molecule has 0 saturated heterocycles. The Labute approximate surface area is 234 Å². The van der Waals surface area contributed by atoms with Gasteiger partial charge in [-0.1, -0.05) is 41.5 Å². The zero-order chi connectivity index (χ0) is 27.7. The van der Waals surface area contributed by atoms with Crippen LogP contribution < -0.4 is 10.6 Å². The summed E-state index contributed by atoms with van der Waals surface area (Å²) in [5.74, 6) is 5.45. The van der Waals surface area contributed by atoms with Crippen LogP contribution in [0.4, 0.5) is 0 Å². The molecule has 1 amide bonds. The highest BCUT2D eigenvalue weighted by molar-refractivity contribution is 5.77. The average Bonchev–Trinajstić information content (AvgIpc) is 3.22. The normalized spacial score (nSPS) is 41.2. The Kier molecular flexibility index (Phi) is 9.74. The van der Waals surface area contributed by atoms with E-state index in [1.54, 1.807) is 6.92 Å². The molecule has 0 radical (unpaired) electrons. The van der Waals surface area contributed by atoms with E-state index in [2.05, 4.69) is 45.3 Å². The van der Waals surface area contributed by atoms with Crippen LogP contribution in [0.15, 0.2) is 0 Å². The Hall–Kier alpha value is -0.900. The summed E-state index contributed by atoms with van der Waals surface area (Å²) in [5, 5.41) is 7.46. The third-order valence-electron chi connectivity index (χ3n) is 12.5. The third-order valence-corrected chi connectivity index (χ3v) is 12.5. The number of carbonyl (C=O) groups is 2. The predicted molar refractivity (Wildman–Crippen MR) is 158 cm³/mol. The van der Waals surface area contributed by atoms with Gasteiger partial charge in [-0.3, -0.25) is 9.59 Å². The van der Waals surface area contributed by atoms with Gasteiger partial charge in [0.2, 0.25) is 5.91 Å². The van der Waals surface area contributed by atoms with Crippen molar-refractivity contribution in [2.45, 2.75) is 144 Å². The first kappa shape index (κ1) is 30.1. The van der Waals surface area contributed by atoms with E-state index in [0.29, 0.717) is 64.7 Å². The first-order valence-corrected chi connectivity index (χ1v) is 16.5. The molecule has 0 aliphatic heterocycles. The van der Waals surface area contributed by atoms with Crippen LogP contribution in [0, 0.1) is 52.3 Å². The van der Waals surface area contributed by atoms with Gasteiger partial charge in [0.05, 0.1) is 0 Å². The Bertz CT molecular complexity index is 825. The fourth-order valence-corrected chi connectivity index (χ4v) is 10.4. The summed E-state index contributed by atoms with van der Waals surface area (Å²) in [4.78, 5) is 24.6. The van der Waals surface area contributed by atoms with Crippen molar-refractivity contribution in [2.24, 2.45) is 52.3 Å². The van der Waals surface area contributed by atoms with Crippen LogP contribution in [0.5, 0.6) is 0 Å². The molecule has 0 aromatic rings. The quantitative estimate of drug-likeness (QED) is 0.272.